The number of alkyl halides is 1. The van der Waals surface area contributed by atoms with E-state index in [4.69, 9.17) is 14.1 Å². The van der Waals surface area contributed by atoms with Gasteiger partial charge in [-0.05, 0) is 38.0 Å². The Kier molecular flexibility index (Phi) is 6.47. The molecule has 0 unspecified atom stereocenters. The van der Waals surface area contributed by atoms with E-state index in [1.54, 1.807) is 17.6 Å². The number of piperidine rings is 1. The summed E-state index contributed by atoms with van der Waals surface area (Å²) >= 11 is 1.41. The van der Waals surface area contributed by atoms with E-state index in [0.29, 0.717) is 80.7 Å². The maximum Gasteiger partial charge on any atom is 0.298 e. The van der Waals surface area contributed by atoms with Crippen molar-refractivity contribution < 1.29 is 18.3 Å². The topological polar surface area (TPSA) is 96.6 Å². The zero-order valence-corrected chi connectivity index (χ0v) is 21.3. The van der Waals surface area contributed by atoms with Gasteiger partial charge in [0.25, 0.3) is 11.9 Å². The monoisotopic (exact) mass is 522 g/mol. The molecule has 2 aliphatic rings. The van der Waals surface area contributed by atoms with Crippen LogP contribution in [-0.4, -0.2) is 66.4 Å². The molecule has 0 atom stereocenters. The summed E-state index contributed by atoms with van der Waals surface area (Å²) in [6, 6.07) is 8.08. The maximum atomic E-state index is 13.9. The molecule has 2 fully saturated rings. The minimum absolute atomic E-state index is 0.317. The summed E-state index contributed by atoms with van der Waals surface area (Å²) in [5.74, 6) is -0.317. The van der Waals surface area contributed by atoms with Crippen LogP contribution in [0.2, 0.25) is 0 Å². The van der Waals surface area contributed by atoms with Crippen molar-refractivity contribution in [2.24, 2.45) is 0 Å². The molecule has 6 rings (SSSR count). The number of hydrogen-bond donors (Lipinski definition) is 1. The van der Waals surface area contributed by atoms with Crippen molar-refractivity contribution in [1.82, 2.24) is 15.0 Å². The molecule has 192 valence electrons. The van der Waals surface area contributed by atoms with Crippen LogP contribution in [-0.2, 0) is 4.74 Å². The minimum atomic E-state index is -0.803. The molecule has 4 aromatic rings. The number of fused-ring (bicyclic) bond motifs is 1. The van der Waals surface area contributed by atoms with Crippen LogP contribution < -0.4 is 15.1 Å². The number of hydrogen-bond acceptors (Lipinski definition) is 9. The van der Waals surface area contributed by atoms with E-state index in [2.05, 4.69) is 20.2 Å². The van der Waals surface area contributed by atoms with Crippen molar-refractivity contribution in [2.75, 3.05) is 54.5 Å². The molecule has 2 saturated heterocycles. The van der Waals surface area contributed by atoms with Crippen LogP contribution in [0.25, 0.3) is 21.7 Å². The smallest absolute Gasteiger partial charge is 0.298 e. The predicted octanol–water partition coefficient (Wildman–Crippen LogP) is 4.68. The zero-order chi connectivity index (χ0) is 25.4. The van der Waals surface area contributed by atoms with Crippen molar-refractivity contribution >= 4 is 45.7 Å². The second kappa shape index (κ2) is 10.1. The number of oxazole rings is 1. The number of rotatable bonds is 5. The molecule has 3 aromatic heterocycles. The number of morpholine rings is 1. The van der Waals surface area contributed by atoms with Gasteiger partial charge < -0.3 is 24.3 Å². The fourth-order valence-corrected chi connectivity index (χ4v) is 5.46. The Morgan fingerprint density at radius 2 is 1.92 bits per heavy atom. The summed E-state index contributed by atoms with van der Waals surface area (Å²) in [6.45, 7) is 5.70. The lowest BCUT2D eigenvalue weighted by Gasteiger charge is -2.32. The van der Waals surface area contributed by atoms with E-state index in [0.717, 1.165) is 22.0 Å². The number of ether oxygens (including phenoxy) is 1. The molecule has 0 bridgehead atoms. The van der Waals surface area contributed by atoms with Gasteiger partial charge in [-0.15, -0.1) is 11.3 Å². The highest BCUT2D eigenvalue weighted by atomic mass is 32.1. The molecule has 2 aliphatic heterocycles. The number of nitrogens with zero attached hydrogens (tertiary/aromatic N) is 5. The molecule has 0 saturated carbocycles. The Labute approximate surface area is 217 Å². The highest BCUT2D eigenvalue weighted by Gasteiger charge is 2.25. The van der Waals surface area contributed by atoms with Crippen LogP contribution in [0.4, 0.5) is 21.8 Å². The first-order valence-electron chi connectivity index (χ1n) is 12.4. The molecule has 0 radical (unpaired) electrons. The summed E-state index contributed by atoms with van der Waals surface area (Å²) in [4.78, 5) is 30.9. The fraction of sp³-hybridized carbons (Fsp3) is 0.385. The average molecular weight is 523 g/mol. The predicted molar refractivity (Wildman–Crippen MR) is 141 cm³/mol. The number of aryl methyl sites for hydroxylation is 1. The van der Waals surface area contributed by atoms with Gasteiger partial charge in [-0.2, -0.15) is 4.98 Å². The van der Waals surface area contributed by atoms with Gasteiger partial charge in [-0.25, -0.2) is 9.37 Å². The molecule has 0 spiro atoms. The maximum absolute atomic E-state index is 13.9. The van der Waals surface area contributed by atoms with E-state index in [1.165, 1.54) is 11.3 Å². The van der Waals surface area contributed by atoms with E-state index in [1.807, 2.05) is 30.0 Å². The minimum Gasteiger partial charge on any atom is -0.423 e. The average Bonchev–Trinajstić information content (AvgIpc) is 3.57. The highest BCUT2D eigenvalue weighted by Crippen LogP contribution is 2.36. The van der Waals surface area contributed by atoms with Crippen molar-refractivity contribution in [3.63, 3.8) is 0 Å². The van der Waals surface area contributed by atoms with Gasteiger partial charge in [-0.1, -0.05) is 0 Å². The second-order valence-corrected chi connectivity index (χ2v) is 10.1. The molecule has 1 amide bonds. The number of amides is 1. The van der Waals surface area contributed by atoms with Gasteiger partial charge in [0, 0.05) is 55.1 Å². The normalized spacial score (nSPS) is 16.9. The Morgan fingerprint density at radius 3 is 2.70 bits per heavy atom. The number of carbonyl (C=O) groups excluding carboxylic acids is 1. The van der Waals surface area contributed by atoms with E-state index >= 15 is 0 Å². The first kappa shape index (κ1) is 23.8. The Balaban J connectivity index is 1.31. The lowest BCUT2D eigenvalue weighted by Crippen LogP contribution is -2.36. The second-order valence-electron chi connectivity index (χ2n) is 9.27. The van der Waals surface area contributed by atoms with Crippen LogP contribution in [0, 0.1) is 6.92 Å². The highest BCUT2D eigenvalue weighted by molar-refractivity contribution is 7.13. The summed E-state index contributed by atoms with van der Waals surface area (Å²) in [5, 5.41) is 5.53. The number of benzene rings is 1. The lowest BCUT2D eigenvalue weighted by molar-refractivity contribution is 0.102. The summed E-state index contributed by atoms with van der Waals surface area (Å²) in [6.07, 6.45) is 1.83. The van der Waals surface area contributed by atoms with Crippen LogP contribution >= 0.6 is 11.3 Å². The quantitative estimate of drug-likeness (QED) is 0.404. The Hall–Kier alpha value is -3.57. The number of anilines is 3. The van der Waals surface area contributed by atoms with Gasteiger partial charge in [0.2, 0.25) is 0 Å². The number of carbonyl (C=O) groups is 1. The first-order chi connectivity index (χ1) is 18.0. The number of halogens is 1. The summed E-state index contributed by atoms with van der Waals surface area (Å²) < 4.78 is 25.4. The zero-order valence-electron chi connectivity index (χ0n) is 20.4. The molecular weight excluding hydrogens is 495 g/mol. The number of pyridine rings is 1. The van der Waals surface area contributed by atoms with Crippen molar-refractivity contribution in [2.45, 2.75) is 25.9 Å². The lowest BCUT2D eigenvalue weighted by atomic mass is 10.1. The van der Waals surface area contributed by atoms with Gasteiger partial charge in [0.15, 0.2) is 5.58 Å². The molecule has 11 heteroatoms. The third-order valence-corrected chi connectivity index (χ3v) is 7.56. The third kappa shape index (κ3) is 5.01. The summed E-state index contributed by atoms with van der Waals surface area (Å²) in [7, 11) is 0. The third-order valence-electron chi connectivity index (χ3n) is 6.67. The largest absolute Gasteiger partial charge is 0.423 e. The van der Waals surface area contributed by atoms with E-state index in [9.17, 15) is 9.18 Å². The molecule has 9 nitrogen and oxygen atoms in total. The van der Waals surface area contributed by atoms with Crippen LogP contribution in [0.3, 0.4) is 0 Å². The fourth-order valence-electron chi connectivity index (χ4n) is 4.67. The van der Waals surface area contributed by atoms with Gasteiger partial charge in [-0.3, -0.25) is 9.78 Å². The summed E-state index contributed by atoms with van der Waals surface area (Å²) in [5.41, 5.74) is 4.80. The van der Waals surface area contributed by atoms with Gasteiger partial charge in [0.1, 0.15) is 22.4 Å². The molecular formula is C26H27FN6O3S. The molecule has 1 N–H and O–H groups in total. The number of nitrogens with one attached hydrogen (secondary N) is 1. The molecule has 5 heterocycles. The van der Waals surface area contributed by atoms with Crippen LogP contribution in [0.15, 0.2) is 40.3 Å². The van der Waals surface area contributed by atoms with Crippen LogP contribution in [0.1, 0.15) is 29.0 Å². The standard InChI is InChI=1S/C26H27FN6O3S/c1-16-12-17(2-5-28-16)25-30-21(15-37-25)24(34)29-19-14-23-20(13-22(19)32-6-3-18(27)4-7-32)31-26(36-23)33-8-10-35-11-9-33/h2,5,12-15,18H,3-4,6-11H2,1H3,(H,29,34). The Bertz CT molecular complexity index is 1420. The first-order valence-corrected chi connectivity index (χ1v) is 13.3. The van der Waals surface area contributed by atoms with Crippen molar-refractivity contribution in [3.05, 3.63) is 47.2 Å². The molecule has 0 aliphatic carbocycles. The van der Waals surface area contributed by atoms with E-state index < -0.39 is 6.17 Å². The Morgan fingerprint density at radius 1 is 1.11 bits per heavy atom. The van der Waals surface area contributed by atoms with Gasteiger partial charge in [0.05, 0.1) is 24.6 Å². The number of aromatic nitrogens is 3. The van der Waals surface area contributed by atoms with Gasteiger partial charge >= 0.3 is 0 Å². The molecule has 37 heavy (non-hydrogen) atoms. The van der Waals surface area contributed by atoms with E-state index in [-0.39, 0.29) is 5.91 Å². The molecule has 1 aromatic carbocycles. The van der Waals surface area contributed by atoms with Crippen molar-refractivity contribution in [3.8, 4) is 10.6 Å². The van der Waals surface area contributed by atoms with Crippen LogP contribution in [0.5, 0.6) is 0 Å². The number of thiazole rings is 1. The van der Waals surface area contributed by atoms with Crippen molar-refractivity contribution in [1.29, 1.82) is 0 Å². The SMILES string of the molecule is Cc1cc(-c2nc(C(=O)Nc3cc4oc(N5CCOCC5)nc4cc3N3CCC(F)CC3)cs2)ccn1.